The topological polar surface area (TPSA) is 68.0 Å². The molecule has 1 aromatic carbocycles. The van der Waals surface area contributed by atoms with Gasteiger partial charge in [0.2, 0.25) is 0 Å². The monoisotopic (exact) mass is 425 g/mol. The molecule has 5 nitrogen and oxygen atoms in total. The molecule has 0 unspecified atom stereocenters. The Morgan fingerprint density at radius 2 is 2.00 bits per heavy atom. The molecule has 1 amide bonds. The SMILES string of the molecule is O=C(Nc1cccc(-c2csc(-c3cccnc3)n2)c1)c1ccc(Br)o1. The highest BCUT2D eigenvalue weighted by molar-refractivity contribution is 9.10. The lowest BCUT2D eigenvalue weighted by Crippen LogP contribution is -2.10. The van der Waals surface area contributed by atoms with Crippen LogP contribution in [0.2, 0.25) is 0 Å². The molecule has 0 aliphatic heterocycles. The van der Waals surface area contributed by atoms with E-state index in [9.17, 15) is 4.79 Å². The van der Waals surface area contributed by atoms with E-state index in [1.165, 1.54) is 0 Å². The molecule has 0 aliphatic carbocycles. The second-order valence-electron chi connectivity index (χ2n) is 5.42. The van der Waals surface area contributed by atoms with E-state index >= 15 is 0 Å². The minimum absolute atomic E-state index is 0.245. The molecule has 1 N–H and O–H groups in total. The van der Waals surface area contributed by atoms with Crippen molar-refractivity contribution in [2.24, 2.45) is 0 Å². The average molecular weight is 426 g/mol. The maximum absolute atomic E-state index is 12.2. The average Bonchev–Trinajstić information content (AvgIpc) is 3.32. The van der Waals surface area contributed by atoms with E-state index in [4.69, 9.17) is 4.42 Å². The standard InChI is InChI=1S/C19H12BrN3O2S/c20-17-7-6-16(25-17)18(24)22-14-5-1-3-12(9-14)15-11-26-19(23-15)13-4-2-8-21-10-13/h1-11H,(H,22,24). The fourth-order valence-electron chi connectivity index (χ4n) is 2.41. The number of nitrogens with zero attached hydrogens (tertiary/aromatic N) is 2. The molecule has 4 rings (SSSR count). The summed E-state index contributed by atoms with van der Waals surface area (Å²) >= 11 is 4.75. The Morgan fingerprint density at radius 1 is 1.12 bits per heavy atom. The number of amides is 1. The van der Waals surface area contributed by atoms with Crippen molar-refractivity contribution in [1.29, 1.82) is 0 Å². The van der Waals surface area contributed by atoms with Crippen molar-refractivity contribution >= 4 is 38.9 Å². The molecule has 0 aliphatic rings. The number of benzene rings is 1. The number of hydrogen-bond acceptors (Lipinski definition) is 5. The molecule has 0 bridgehead atoms. The summed E-state index contributed by atoms with van der Waals surface area (Å²) in [6.45, 7) is 0. The zero-order valence-electron chi connectivity index (χ0n) is 13.3. The predicted molar refractivity (Wildman–Crippen MR) is 105 cm³/mol. The van der Waals surface area contributed by atoms with Crippen LogP contribution < -0.4 is 5.32 Å². The maximum Gasteiger partial charge on any atom is 0.291 e. The summed E-state index contributed by atoms with van der Waals surface area (Å²) in [5, 5.41) is 5.73. The molecule has 3 aromatic heterocycles. The second kappa shape index (κ2) is 7.23. The number of rotatable bonds is 4. The van der Waals surface area contributed by atoms with Crippen molar-refractivity contribution in [2.75, 3.05) is 5.32 Å². The van der Waals surface area contributed by atoms with Gasteiger partial charge in [0.05, 0.1) is 5.69 Å². The third-order valence-corrected chi connectivity index (χ3v) is 4.94. The van der Waals surface area contributed by atoms with E-state index in [-0.39, 0.29) is 11.7 Å². The molecular weight excluding hydrogens is 414 g/mol. The summed E-state index contributed by atoms with van der Waals surface area (Å²) in [5.41, 5.74) is 3.44. The molecule has 0 spiro atoms. The van der Waals surface area contributed by atoms with Gasteiger partial charge < -0.3 is 9.73 Å². The fraction of sp³-hybridized carbons (Fsp3) is 0. The molecular formula is C19H12BrN3O2S. The number of carbonyl (C=O) groups excluding carboxylic acids is 1. The first-order valence-corrected chi connectivity index (χ1v) is 9.39. The van der Waals surface area contributed by atoms with E-state index in [2.05, 4.69) is 31.2 Å². The van der Waals surface area contributed by atoms with Gasteiger partial charge in [0.25, 0.3) is 5.91 Å². The van der Waals surface area contributed by atoms with Crippen LogP contribution in [0.25, 0.3) is 21.8 Å². The Bertz CT molecular complexity index is 1060. The normalized spacial score (nSPS) is 10.7. The van der Waals surface area contributed by atoms with Crippen molar-refractivity contribution < 1.29 is 9.21 Å². The Balaban J connectivity index is 1.56. The van der Waals surface area contributed by atoms with Gasteiger partial charge in [-0.15, -0.1) is 11.3 Å². The van der Waals surface area contributed by atoms with Crippen LogP contribution in [0.4, 0.5) is 5.69 Å². The molecule has 128 valence electrons. The van der Waals surface area contributed by atoms with E-state index in [1.807, 2.05) is 41.8 Å². The minimum Gasteiger partial charge on any atom is -0.444 e. The highest BCUT2D eigenvalue weighted by atomic mass is 79.9. The number of hydrogen-bond donors (Lipinski definition) is 1. The summed E-state index contributed by atoms with van der Waals surface area (Å²) < 4.78 is 5.79. The number of halogens is 1. The Hall–Kier alpha value is -2.77. The minimum atomic E-state index is -0.304. The van der Waals surface area contributed by atoms with Gasteiger partial charge in [0.15, 0.2) is 10.4 Å². The summed E-state index contributed by atoms with van der Waals surface area (Å²) in [7, 11) is 0. The Labute approximate surface area is 161 Å². The molecule has 7 heteroatoms. The highest BCUT2D eigenvalue weighted by Gasteiger charge is 2.12. The molecule has 0 saturated carbocycles. The first-order chi connectivity index (χ1) is 12.7. The van der Waals surface area contributed by atoms with Crippen LogP contribution in [-0.2, 0) is 0 Å². The molecule has 0 atom stereocenters. The van der Waals surface area contributed by atoms with Crippen LogP contribution in [0, 0.1) is 0 Å². The highest BCUT2D eigenvalue weighted by Crippen LogP contribution is 2.29. The van der Waals surface area contributed by atoms with Crippen LogP contribution in [0.5, 0.6) is 0 Å². The van der Waals surface area contributed by atoms with Crippen LogP contribution >= 0.6 is 27.3 Å². The van der Waals surface area contributed by atoms with Crippen molar-refractivity contribution in [2.45, 2.75) is 0 Å². The zero-order chi connectivity index (χ0) is 17.9. The van der Waals surface area contributed by atoms with Gasteiger partial charge >= 0.3 is 0 Å². The molecule has 26 heavy (non-hydrogen) atoms. The van der Waals surface area contributed by atoms with Gasteiger partial charge in [-0.3, -0.25) is 9.78 Å². The fourth-order valence-corrected chi connectivity index (χ4v) is 3.54. The zero-order valence-corrected chi connectivity index (χ0v) is 15.8. The third-order valence-electron chi connectivity index (χ3n) is 3.63. The summed E-state index contributed by atoms with van der Waals surface area (Å²) in [6.07, 6.45) is 3.53. The first kappa shape index (κ1) is 16.7. The van der Waals surface area contributed by atoms with Crippen LogP contribution in [-0.4, -0.2) is 15.9 Å². The Kier molecular flexibility index (Phi) is 4.64. The summed E-state index contributed by atoms with van der Waals surface area (Å²) in [6, 6.07) is 14.7. The van der Waals surface area contributed by atoms with Gasteiger partial charge in [-0.05, 0) is 52.3 Å². The van der Waals surface area contributed by atoms with Crippen LogP contribution in [0.15, 0.2) is 75.4 Å². The van der Waals surface area contributed by atoms with E-state index in [1.54, 1.807) is 35.9 Å². The van der Waals surface area contributed by atoms with E-state index in [0.717, 1.165) is 21.8 Å². The van der Waals surface area contributed by atoms with Crippen LogP contribution in [0.3, 0.4) is 0 Å². The predicted octanol–water partition coefficient (Wildman–Crippen LogP) is 5.48. The van der Waals surface area contributed by atoms with Gasteiger partial charge in [0, 0.05) is 34.6 Å². The quantitative estimate of drug-likeness (QED) is 0.469. The van der Waals surface area contributed by atoms with Gasteiger partial charge in [-0.25, -0.2) is 4.98 Å². The molecule has 0 radical (unpaired) electrons. The number of anilines is 1. The van der Waals surface area contributed by atoms with Crippen LogP contribution in [0.1, 0.15) is 10.6 Å². The van der Waals surface area contributed by atoms with Gasteiger partial charge in [-0.1, -0.05) is 12.1 Å². The van der Waals surface area contributed by atoms with E-state index in [0.29, 0.717) is 10.4 Å². The van der Waals surface area contributed by atoms with Crippen molar-refractivity contribution in [3.63, 3.8) is 0 Å². The van der Waals surface area contributed by atoms with Gasteiger partial charge in [0.1, 0.15) is 5.01 Å². The number of nitrogens with one attached hydrogen (secondary N) is 1. The summed E-state index contributed by atoms with van der Waals surface area (Å²) in [4.78, 5) is 21.0. The maximum atomic E-state index is 12.2. The number of aromatic nitrogens is 2. The number of pyridine rings is 1. The second-order valence-corrected chi connectivity index (χ2v) is 7.06. The smallest absolute Gasteiger partial charge is 0.291 e. The Morgan fingerprint density at radius 3 is 2.77 bits per heavy atom. The van der Waals surface area contributed by atoms with Crippen molar-refractivity contribution in [3.05, 3.63) is 76.7 Å². The summed E-state index contributed by atoms with van der Waals surface area (Å²) in [5.74, 6) is -0.0584. The molecule has 0 saturated heterocycles. The van der Waals surface area contributed by atoms with Crippen molar-refractivity contribution in [1.82, 2.24) is 9.97 Å². The molecule has 0 fully saturated rings. The lowest BCUT2D eigenvalue weighted by Gasteiger charge is -2.05. The lowest BCUT2D eigenvalue weighted by atomic mass is 10.1. The number of thiazole rings is 1. The first-order valence-electron chi connectivity index (χ1n) is 7.72. The number of carbonyl (C=O) groups is 1. The molecule has 3 heterocycles. The molecule has 4 aromatic rings. The largest absolute Gasteiger partial charge is 0.444 e. The van der Waals surface area contributed by atoms with Gasteiger partial charge in [-0.2, -0.15) is 0 Å². The third kappa shape index (κ3) is 3.58. The lowest BCUT2D eigenvalue weighted by molar-refractivity contribution is 0.0995. The van der Waals surface area contributed by atoms with E-state index < -0.39 is 0 Å². The van der Waals surface area contributed by atoms with Crippen molar-refractivity contribution in [3.8, 4) is 21.8 Å². The number of furan rings is 1.